The Labute approximate surface area is 116 Å². The molecule has 1 amide bonds. The number of nitrogens with two attached hydrogens (primary N) is 1. The van der Waals surface area contributed by atoms with E-state index in [2.05, 4.69) is 4.74 Å². The second-order valence-corrected chi connectivity index (χ2v) is 3.76. The second kappa shape index (κ2) is 8.31. The zero-order chi connectivity index (χ0) is 14.8. The highest BCUT2D eigenvalue weighted by Crippen LogP contribution is 1.99. The molecule has 0 radical (unpaired) electrons. The van der Waals surface area contributed by atoms with Crippen LogP contribution in [0.2, 0.25) is 0 Å². The van der Waals surface area contributed by atoms with Crippen molar-refractivity contribution in [2.24, 2.45) is 5.73 Å². The number of rotatable bonds is 3. The molecule has 5 heteroatoms. The number of amides is 1. The summed E-state index contributed by atoms with van der Waals surface area (Å²) in [4.78, 5) is 20.4. The lowest BCUT2D eigenvalue weighted by molar-refractivity contribution is 0.0697. The highest BCUT2D eigenvalue weighted by molar-refractivity contribution is 5.87. The first-order valence-corrected chi connectivity index (χ1v) is 5.84. The van der Waals surface area contributed by atoms with Gasteiger partial charge in [0.25, 0.3) is 0 Å². The van der Waals surface area contributed by atoms with Gasteiger partial charge in [-0.05, 0) is 17.7 Å². The number of carbonyl (C=O) groups excluding carboxylic acids is 1. The molecule has 0 fully saturated rings. The summed E-state index contributed by atoms with van der Waals surface area (Å²) in [6.45, 7) is 0.246. The molecule has 0 spiro atoms. The van der Waals surface area contributed by atoms with Gasteiger partial charge < -0.3 is 15.6 Å². The maximum absolute atomic E-state index is 10.2. The number of hydrogen-bond acceptors (Lipinski definition) is 3. The monoisotopic (exact) mass is 273 g/mol. The highest BCUT2D eigenvalue weighted by Gasteiger charge is 1.96. The highest BCUT2D eigenvalue weighted by atomic mass is 16.5. The molecule has 3 N–H and O–H groups in total. The second-order valence-electron chi connectivity index (χ2n) is 3.76. The van der Waals surface area contributed by atoms with Crippen LogP contribution >= 0.6 is 0 Å². The van der Waals surface area contributed by atoms with Crippen molar-refractivity contribution in [2.75, 3.05) is 0 Å². The predicted molar refractivity (Wildman–Crippen MR) is 74.2 cm³/mol. The Morgan fingerprint density at radius 3 is 1.85 bits per heavy atom. The van der Waals surface area contributed by atoms with Gasteiger partial charge in [-0.1, -0.05) is 48.5 Å². The molecule has 0 aliphatic heterocycles. The number of carbonyl (C=O) groups is 2. The van der Waals surface area contributed by atoms with Crippen LogP contribution in [0.5, 0.6) is 0 Å². The Hall–Kier alpha value is -2.82. The lowest BCUT2D eigenvalue weighted by Gasteiger charge is -1.99. The fourth-order valence-electron chi connectivity index (χ4n) is 1.31. The maximum Gasteiger partial charge on any atom is 0.404 e. The smallest absolute Gasteiger partial charge is 0.404 e. The number of carboxylic acids is 1. The minimum absolute atomic E-state index is 0.246. The van der Waals surface area contributed by atoms with Crippen molar-refractivity contribution >= 4 is 12.1 Å². The van der Waals surface area contributed by atoms with E-state index in [0.717, 1.165) is 5.56 Å². The van der Waals surface area contributed by atoms with Crippen LogP contribution in [-0.2, 0) is 11.3 Å². The Morgan fingerprint density at radius 2 is 1.45 bits per heavy atom. The van der Waals surface area contributed by atoms with Crippen LogP contribution in [0.25, 0.3) is 0 Å². The Kier molecular flexibility index (Phi) is 6.33. The number of ether oxygens (including phenoxy) is 1. The van der Waals surface area contributed by atoms with Gasteiger partial charge in [-0.3, -0.25) is 0 Å². The molecule has 0 heterocycles. The van der Waals surface area contributed by atoms with Gasteiger partial charge in [-0.15, -0.1) is 0 Å². The van der Waals surface area contributed by atoms with E-state index in [-0.39, 0.29) is 6.61 Å². The molecular formula is C15H15NO4. The summed E-state index contributed by atoms with van der Waals surface area (Å²) in [5.74, 6) is -0.879. The summed E-state index contributed by atoms with van der Waals surface area (Å²) < 4.78 is 4.57. The number of aromatic carboxylic acids is 1. The van der Waals surface area contributed by atoms with Gasteiger partial charge in [0, 0.05) is 0 Å². The summed E-state index contributed by atoms with van der Waals surface area (Å²) in [5, 5.41) is 8.38. The SMILES string of the molecule is NC(=O)OCc1ccccc1.O=C(O)c1ccccc1. The van der Waals surface area contributed by atoms with Crippen LogP contribution in [0.15, 0.2) is 60.7 Å². The van der Waals surface area contributed by atoms with Crippen LogP contribution in [0.4, 0.5) is 4.79 Å². The molecule has 0 unspecified atom stereocenters. The molecule has 20 heavy (non-hydrogen) atoms. The van der Waals surface area contributed by atoms with Crippen LogP contribution in [-0.4, -0.2) is 17.2 Å². The minimum Gasteiger partial charge on any atom is -0.478 e. The maximum atomic E-state index is 10.2. The van der Waals surface area contributed by atoms with Crippen molar-refractivity contribution in [2.45, 2.75) is 6.61 Å². The van der Waals surface area contributed by atoms with E-state index < -0.39 is 12.1 Å². The normalized spacial score (nSPS) is 9.00. The van der Waals surface area contributed by atoms with Crippen molar-refractivity contribution in [3.63, 3.8) is 0 Å². The molecule has 0 atom stereocenters. The average molecular weight is 273 g/mol. The van der Waals surface area contributed by atoms with Crippen LogP contribution < -0.4 is 5.73 Å². The van der Waals surface area contributed by atoms with Gasteiger partial charge >= 0.3 is 12.1 Å². The first kappa shape index (κ1) is 15.2. The molecule has 0 aromatic heterocycles. The molecule has 2 rings (SSSR count). The van der Waals surface area contributed by atoms with Crippen molar-refractivity contribution in [1.82, 2.24) is 0 Å². The van der Waals surface area contributed by atoms with Gasteiger partial charge in [0.2, 0.25) is 0 Å². The lowest BCUT2D eigenvalue weighted by atomic mass is 10.2. The molecule has 2 aromatic rings. The Balaban J connectivity index is 0.000000204. The molecule has 2 aromatic carbocycles. The van der Waals surface area contributed by atoms with Crippen LogP contribution in [0.1, 0.15) is 15.9 Å². The van der Waals surface area contributed by atoms with Crippen LogP contribution in [0.3, 0.4) is 0 Å². The van der Waals surface area contributed by atoms with Gasteiger partial charge in [0.05, 0.1) is 5.56 Å². The number of benzene rings is 2. The van der Waals surface area contributed by atoms with E-state index in [9.17, 15) is 9.59 Å². The lowest BCUT2D eigenvalue weighted by Crippen LogP contribution is -2.12. The van der Waals surface area contributed by atoms with E-state index in [0.29, 0.717) is 5.56 Å². The average Bonchev–Trinajstić information content (AvgIpc) is 2.48. The van der Waals surface area contributed by atoms with Gasteiger partial charge in [0.15, 0.2) is 0 Å². The topological polar surface area (TPSA) is 89.6 Å². The van der Waals surface area contributed by atoms with E-state index in [1.807, 2.05) is 30.3 Å². The van der Waals surface area contributed by atoms with Crippen molar-refractivity contribution in [1.29, 1.82) is 0 Å². The zero-order valence-electron chi connectivity index (χ0n) is 10.7. The number of carboxylic acid groups (broad SMARTS) is 1. The van der Waals surface area contributed by atoms with E-state index >= 15 is 0 Å². The molecular weight excluding hydrogens is 258 g/mol. The van der Waals surface area contributed by atoms with Crippen molar-refractivity contribution < 1.29 is 19.4 Å². The Bertz CT molecular complexity index is 540. The summed E-state index contributed by atoms with van der Waals surface area (Å²) in [5.41, 5.74) is 6.05. The fraction of sp³-hybridized carbons (Fsp3) is 0.0667. The minimum atomic E-state index is -0.879. The summed E-state index contributed by atoms with van der Waals surface area (Å²) in [7, 11) is 0. The predicted octanol–water partition coefficient (Wildman–Crippen LogP) is 2.67. The van der Waals surface area contributed by atoms with E-state index in [1.54, 1.807) is 30.3 Å². The first-order valence-electron chi connectivity index (χ1n) is 5.84. The third-order valence-electron chi connectivity index (χ3n) is 2.24. The van der Waals surface area contributed by atoms with Gasteiger partial charge in [-0.25, -0.2) is 9.59 Å². The van der Waals surface area contributed by atoms with Gasteiger partial charge in [0.1, 0.15) is 6.61 Å². The molecule has 0 saturated carbocycles. The molecule has 0 bridgehead atoms. The fourth-order valence-corrected chi connectivity index (χ4v) is 1.31. The summed E-state index contributed by atoms with van der Waals surface area (Å²) in [6.07, 6.45) is -0.742. The quantitative estimate of drug-likeness (QED) is 0.899. The van der Waals surface area contributed by atoms with E-state index in [1.165, 1.54) is 0 Å². The number of primary amides is 1. The first-order chi connectivity index (χ1) is 9.59. The summed E-state index contributed by atoms with van der Waals surface area (Å²) >= 11 is 0. The van der Waals surface area contributed by atoms with E-state index in [4.69, 9.17) is 10.8 Å². The standard InChI is InChI=1S/C8H9NO2.C7H6O2/c9-8(10)11-6-7-4-2-1-3-5-7;8-7(9)6-4-2-1-3-5-6/h1-5H,6H2,(H2,9,10);1-5H,(H,8,9). The molecule has 5 nitrogen and oxygen atoms in total. The molecule has 0 aliphatic carbocycles. The van der Waals surface area contributed by atoms with Gasteiger partial charge in [-0.2, -0.15) is 0 Å². The molecule has 0 saturated heterocycles. The third kappa shape index (κ3) is 6.20. The van der Waals surface area contributed by atoms with Crippen molar-refractivity contribution in [3.8, 4) is 0 Å². The molecule has 104 valence electrons. The molecule has 0 aliphatic rings. The van der Waals surface area contributed by atoms with Crippen molar-refractivity contribution in [3.05, 3.63) is 71.8 Å². The summed E-state index contributed by atoms with van der Waals surface area (Å²) in [6, 6.07) is 17.7. The zero-order valence-corrected chi connectivity index (χ0v) is 10.7. The third-order valence-corrected chi connectivity index (χ3v) is 2.24. The van der Waals surface area contributed by atoms with Crippen LogP contribution in [0, 0.1) is 0 Å². The largest absolute Gasteiger partial charge is 0.478 e. The Morgan fingerprint density at radius 1 is 0.950 bits per heavy atom. The number of hydrogen-bond donors (Lipinski definition) is 2.